The zero-order chi connectivity index (χ0) is 23.0. The number of aliphatic hydroxyl groups is 1. The van der Waals surface area contributed by atoms with Crippen molar-refractivity contribution in [1.82, 2.24) is 14.5 Å². The smallest absolute Gasteiger partial charge is 0.387 e. The first-order valence-electron chi connectivity index (χ1n) is 9.29. The molecular formula is C20H15ClF4N4O2S. The third kappa shape index (κ3) is 4.69. The van der Waals surface area contributed by atoms with Crippen LogP contribution in [0.3, 0.4) is 0 Å². The summed E-state index contributed by atoms with van der Waals surface area (Å²) in [7, 11) is 0. The van der Waals surface area contributed by atoms with E-state index in [0.717, 1.165) is 10.6 Å². The summed E-state index contributed by atoms with van der Waals surface area (Å²) in [6, 6.07) is 6.43. The van der Waals surface area contributed by atoms with Crippen molar-refractivity contribution in [3.8, 4) is 0 Å². The Morgan fingerprint density at radius 3 is 2.66 bits per heavy atom. The van der Waals surface area contributed by atoms with Gasteiger partial charge >= 0.3 is 11.9 Å². The van der Waals surface area contributed by atoms with Crippen LogP contribution in [0.4, 0.5) is 23.5 Å². The fourth-order valence-electron chi connectivity index (χ4n) is 3.27. The van der Waals surface area contributed by atoms with Gasteiger partial charge in [-0.2, -0.15) is 18.2 Å². The number of thiophene rings is 1. The Bertz CT molecular complexity index is 1240. The maximum Gasteiger partial charge on any atom is 0.425 e. The SMILES string of the molecule is O=c1nc(N2CC=C(c3ccc(F)c(Cl)c3)C(O)C2)ncn1Cc1ccc(C(F)(F)F)s1. The second kappa shape index (κ2) is 8.64. The summed E-state index contributed by atoms with van der Waals surface area (Å²) in [4.78, 5) is 21.6. The van der Waals surface area contributed by atoms with E-state index in [-0.39, 0.29) is 30.6 Å². The molecule has 0 saturated carbocycles. The van der Waals surface area contributed by atoms with Crippen molar-refractivity contribution in [2.75, 3.05) is 18.0 Å². The van der Waals surface area contributed by atoms with Crippen LogP contribution in [-0.4, -0.2) is 38.8 Å². The second-order valence-electron chi connectivity index (χ2n) is 7.04. The van der Waals surface area contributed by atoms with Crippen LogP contribution in [0.15, 0.2) is 47.5 Å². The third-order valence-corrected chi connectivity index (χ3v) is 6.25. The van der Waals surface area contributed by atoms with E-state index in [1.165, 1.54) is 30.6 Å². The minimum absolute atomic E-state index is 0.0573. The first-order valence-corrected chi connectivity index (χ1v) is 10.5. The molecule has 2 aromatic heterocycles. The van der Waals surface area contributed by atoms with Crippen LogP contribution in [0.1, 0.15) is 15.3 Å². The molecule has 0 spiro atoms. The molecule has 6 nitrogen and oxygen atoms in total. The Hall–Kier alpha value is -2.76. The van der Waals surface area contributed by atoms with Gasteiger partial charge in [0.15, 0.2) is 0 Å². The van der Waals surface area contributed by atoms with Gasteiger partial charge in [-0.25, -0.2) is 14.2 Å². The first kappa shape index (κ1) is 22.4. The van der Waals surface area contributed by atoms with Crippen LogP contribution in [0.2, 0.25) is 5.02 Å². The number of hydrogen-bond acceptors (Lipinski definition) is 6. The predicted octanol–water partition coefficient (Wildman–Crippen LogP) is 3.82. The van der Waals surface area contributed by atoms with E-state index in [0.29, 0.717) is 27.4 Å². The van der Waals surface area contributed by atoms with Crippen LogP contribution in [0.25, 0.3) is 5.57 Å². The number of alkyl halides is 3. The van der Waals surface area contributed by atoms with Crippen molar-refractivity contribution in [3.05, 3.63) is 79.4 Å². The summed E-state index contributed by atoms with van der Waals surface area (Å²) in [5, 5.41) is 10.5. The Kier molecular flexibility index (Phi) is 6.06. The van der Waals surface area contributed by atoms with Crippen molar-refractivity contribution in [2.45, 2.75) is 18.8 Å². The Labute approximate surface area is 188 Å². The summed E-state index contributed by atoms with van der Waals surface area (Å²) in [5.74, 6) is -0.478. The Morgan fingerprint density at radius 2 is 2.03 bits per heavy atom. The number of aliphatic hydroxyl groups excluding tert-OH is 1. The highest BCUT2D eigenvalue weighted by Crippen LogP contribution is 2.34. The van der Waals surface area contributed by atoms with Gasteiger partial charge < -0.3 is 10.0 Å². The molecule has 0 saturated heterocycles. The van der Waals surface area contributed by atoms with Gasteiger partial charge in [-0.1, -0.05) is 23.7 Å². The highest BCUT2D eigenvalue weighted by molar-refractivity contribution is 7.12. The summed E-state index contributed by atoms with van der Waals surface area (Å²) < 4.78 is 52.7. The normalized spacial score (nSPS) is 16.9. The molecule has 1 aliphatic rings. The van der Waals surface area contributed by atoms with E-state index >= 15 is 0 Å². The first-order chi connectivity index (χ1) is 15.1. The zero-order valence-corrected chi connectivity index (χ0v) is 17.8. The molecule has 0 radical (unpaired) electrons. The molecule has 1 aromatic carbocycles. The van der Waals surface area contributed by atoms with Gasteiger partial charge in [-0.3, -0.25) is 4.57 Å². The largest absolute Gasteiger partial charge is 0.425 e. The van der Waals surface area contributed by atoms with Gasteiger partial charge in [0.1, 0.15) is 17.0 Å². The van der Waals surface area contributed by atoms with Crippen LogP contribution >= 0.6 is 22.9 Å². The lowest BCUT2D eigenvalue weighted by atomic mass is 9.97. The van der Waals surface area contributed by atoms with E-state index < -0.39 is 28.7 Å². The maximum absolute atomic E-state index is 13.4. The van der Waals surface area contributed by atoms with Crippen LogP contribution in [0.5, 0.6) is 0 Å². The Balaban J connectivity index is 1.50. The number of nitrogens with zero attached hydrogens (tertiary/aromatic N) is 4. The second-order valence-corrected chi connectivity index (χ2v) is 8.62. The molecule has 4 rings (SSSR count). The number of benzene rings is 1. The van der Waals surface area contributed by atoms with Gasteiger partial charge in [0.2, 0.25) is 5.95 Å². The lowest BCUT2D eigenvalue weighted by Gasteiger charge is -2.30. The number of β-amino-alcohol motifs (C(OH)–C–C–N with tert-alkyl or cyclic N) is 1. The van der Waals surface area contributed by atoms with Gasteiger partial charge in [0, 0.05) is 11.4 Å². The average molecular weight is 487 g/mol. The lowest BCUT2D eigenvalue weighted by Crippen LogP contribution is -2.40. The topological polar surface area (TPSA) is 71.2 Å². The molecule has 3 aromatic rings. The summed E-state index contributed by atoms with van der Waals surface area (Å²) in [6.07, 6.45) is -2.47. The third-order valence-electron chi connectivity index (χ3n) is 4.84. The van der Waals surface area contributed by atoms with Crippen molar-refractivity contribution in [2.24, 2.45) is 0 Å². The molecule has 1 N–H and O–H groups in total. The number of halogens is 5. The van der Waals surface area contributed by atoms with Gasteiger partial charge in [0.25, 0.3) is 0 Å². The molecule has 1 unspecified atom stereocenters. The molecule has 0 aliphatic carbocycles. The van der Waals surface area contributed by atoms with E-state index in [1.807, 2.05) is 0 Å². The highest BCUT2D eigenvalue weighted by atomic mass is 35.5. The summed E-state index contributed by atoms with van der Waals surface area (Å²) >= 11 is 6.36. The monoisotopic (exact) mass is 486 g/mol. The molecule has 0 fully saturated rings. The van der Waals surface area contributed by atoms with E-state index in [2.05, 4.69) is 9.97 Å². The van der Waals surface area contributed by atoms with Gasteiger partial charge in [0.05, 0.1) is 24.2 Å². The van der Waals surface area contributed by atoms with Crippen LogP contribution < -0.4 is 10.6 Å². The quantitative estimate of drug-likeness (QED) is 0.568. The molecule has 1 aliphatic heterocycles. The van der Waals surface area contributed by atoms with Crippen molar-refractivity contribution in [1.29, 1.82) is 0 Å². The fraction of sp³-hybridized carbons (Fsp3) is 0.250. The van der Waals surface area contributed by atoms with E-state index in [9.17, 15) is 27.5 Å². The molecule has 32 heavy (non-hydrogen) atoms. The average Bonchev–Trinajstić information content (AvgIpc) is 3.21. The Morgan fingerprint density at radius 1 is 1.25 bits per heavy atom. The van der Waals surface area contributed by atoms with Crippen LogP contribution in [0, 0.1) is 5.82 Å². The minimum atomic E-state index is -4.44. The molecule has 0 amide bonds. The van der Waals surface area contributed by atoms with E-state index in [1.54, 1.807) is 11.0 Å². The molecule has 1 atom stereocenters. The summed E-state index contributed by atoms with van der Waals surface area (Å²) in [5.41, 5.74) is 0.468. The predicted molar refractivity (Wildman–Crippen MR) is 112 cm³/mol. The van der Waals surface area contributed by atoms with Crippen molar-refractivity contribution in [3.63, 3.8) is 0 Å². The summed E-state index contributed by atoms with van der Waals surface area (Å²) in [6.45, 7) is 0.284. The fourth-order valence-corrected chi connectivity index (χ4v) is 4.32. The molecule has 3 heterocycles. The standard InChI is InChI=1S/C20H15ClF4N4O2S/c21-14-7-11(1-3-15(14)22)13-5-6-28(9-16(13)30)18-26-10-29(19(31)27-18)8-12-2-4-17(32-12)20(23,24)25/h1-5,7,10,16,30H,6,8-9H2. The molecular weight excluding hydrogens is 472 g/mol. The number of anilines is 1. The van der Waals surface area contributed by atoms with Gasteiger partial charge in [-0.05, 0) is 35.4 Å². The van der Waals surface area contributed by atoms with Crippen molar-refractivity contribution >= 4 is 34.5 Å². The molecule has 12 heteroatoms. The lowest BCUT2D eigenvalue weighted by molar-refractivity contribution is -0.134. The van der Waals surface area contributed by atoms with E-state index in [4.69, 9.17) is 11.6 Å². The minimum Gasteiger partial charge on any atom is -0.387 e. The highest BCUT2D eigenvalue weighted by Gasteiger charge is 2.32. The molecule has 168 valence electrons. The van der Waals surface area contributed by atoms with Crippen molar-refractivity contribution < 1.29 is 22.7 Å². The van der Waals surface area contributed by atoms with Gasteiger partial charge in [-0.15, -0.1) is 11.3 Å². The number of rotatable bonds is 4. The zero-order valence-electron chi connectivity index (χ0n) is 16.2. The van der Waals surface area contributed by atoms with Crippen LogP contribution in [-0.2, 0) is 12.7 Å². The molecule has 0 bridgehead atoms. The maximum atomic E-state index is 13.4. The number of hydrogen-bond donors (Lipinski definition) is 1. The number of aromatic nitrogens is 3.